The number of carbonyl (C=O) groups excluding carboxylic acids is 2. The molecule has 0 aromatic heterocycles. The first-order valence-electron chi connectivity index (χ1n) is 9.73. The third-order valence-corrected chi connectivity index (χ3v) is 4.98. The first kappa shape index (κ1) is 21.6. The van der Waals surface area contributed by atoms with Crippen LogP contribution in [0.4, 0.5) is 21.9 Å². The predicted molar refractivity (Wildman–Crippen MR) is 118 cm³/mol. The van der Waals surface area contributed by atoms with E-state index in [-0.39, 0.29) is 24.9 Å². The van der Waals surface area contributed by atoms with Crippen molar-refractivity contribution in [3.8, 4) is 11.5 Å². The van der Waals surface area contributed by atoms with E-state index < -0.39 is 6.03 Å². The average molecular weight is 433 g/mol. The van der Waals surface area contributed by atoms with Gasteiger partial charge in [-0.15, -0.1) is 12.4 Å². The Kier molecular flexibility index (Phi) is 6.89. The molecule has 4 N–H and O–H groups in total. The van der Waals surface area contributed by atoms with Gasteiger partial charge in [-0.1, -0.05) is 6.07 Å². The molecule has 0 saturated carbocycles. The third-order valence-electron chi connectivity index (χ3n) is 4.98. The van der Waals surface area contributed by atoms with Crippen molar-refractivity contribution in [2.75, 3.05) is 42.3 Å². The van der Waals surface area contributed by atoms with Crippen molar-refractivity contribution in [1.82, 2.24) is 5.32 Å². The summed E-state index contributed by atoms with van der Waals surface area (Å²) in [4.78, 5) is 26.6. The van der Waals surface area contributed by atoms with Gasteiger partial charge in [0.2, 0.25) is 5.91 Å². The predicted octanol–water partition coefficient (Wildman–Crippen LogP) is 2.95. The number of nitrogen functional groups attached to an aromatic ring is 1. The zero-order chi connectivity index (χ0) is 20.2. The Balaban J connectivity index is 0.00000256. The number of rotatable bonds is 3. The van der Waals surface area contributed by atoms with Crippen LogP contribution in [0.15, 0.2) is 36.4 Å². The van der Waals surface area contributed by atoms with Crippen LogP contribution in [0.3, 0.4) is 0 Å². The number of amides is 3. The van der Waals surface area contributed by atoms with Gasteiger partial charge in [0.15, 0.2) is 11.5 Å². The lowest BCUT2D eigenvalue weighted by molar-refractivity contribution is -0.118. The van der Waals surface area contributed by atoms with Crippen molar-refractivity contribution in [3.63, 3.8) is 0 Å². The van der Waals surface area contributed by atoms with Gasteiger partial charge >= 0.3 is 6.03 Å². The molecule has 2 aliphatic rings. The number of halogens is 1. The number of anilines is 3. The number of hydrogen-bond donors (Lipinski definition) is 3. The molecule has 2 aromatic carbocycles. The summed E-state index contributed by atoms with van der Waals surface area (Å²) in [6.45, 7) is 1.99. The molecule has 9 heteroatoms. The van der Waals surface area contributed by atoms with Gasteiger partial charge < -0.3 is 25.4 Å². The molecule has 0 unspecified atom stereocenters. The summed E-state index contributed by atoms with van der Waals surface area (Å²) < 4.78 is 11.2. The van der Waals surface area contributed by atoms with Gasteiger partial charge in [0.25, 0.3) is 0 Å². The van der Waals surface area contributed by atoms with Gasteiger partial charge in [-0.05, 0) is 42.7 Å². The second-order valence-corrected chi connectivity index (χ2v) is 7.08. The van der Waals surface area contributed by atoms with Crippen molar-refractivity contribution < 1.29 is 19.1 Å². The monoisotopic (exact) mass is 432 g/mol. The Labute approximate surface area is 181 Å². The van der Waals surface area contributed by atoms with Crippen molar-refractivity contribution in [2.45, 2.75) is 19.3 Å². The zero-order valence-electron chi connectivity index (χ0n) is 16.5. The smallest absolute Gasteiger partial charge is 0.325 e. The van der Waals surface area contributed by atoms with E-state index in [0.29, 0.717) is 30.4 Å². The molecule has 30 heavy (non-hydrogen) atoms. The molecule has 4 rings (SSSR count). The minimum absolute atomic E-state index is 0. The van der Waals surface area contributed by atoms with E-state index in [0.717, 1.165) is 42.7 Å². The standard InChI is InChI=1S/C21H24N4O4.ClH/c22-16-5-1-6-17-15(16)4-2-9-25(17)13-20(26)24-21(27)23-14-7-8-18-19(12-14)29-11-3-10-28-18;/h1,5-8,12H,2-4,9-11,13,22H2,(H2,23,24,26,27);1H. The van der Waals surface area contributed by atoms with Gasteiger partial charge in [0.1, 0.15) is 0 Å². The number of nitrogens with zero attached hydrogens (tertiary/aromatic N) is 1. The topological polar surface area (TPSA) is 106 Å². The maximum absolute atomic E-state index is 12.4. The van der Waals surface area contributed by atoms with Crippen LogP contribution >= 0.6 is 12.4 Å². The molecule has 160 valence electrons. The SMILES string of the molecule is Cl.Nc1cccc2c1CCCN2CC(=O)NC(=O)Nc1ccc2c(c1)OCCCO2. The molecule has 0 fully saturated rings. The summed E-state index contributed by atoms with van der Waals surface area (Å²) in [5.41, 5.74) is 9.32. The second kappa shape index (κ2) is 9.58. The van der Waals surface area contributed by atoms with Gasteiger partial charge in [-0.3, -0.25) is 10.1 Å². The van der Waals surface area contributed by atoms with Crippen molar-refractivity contribution >= 4 is 41.4 Å². The molecule has 2 aromatic rings. The number of hydrogen-bond acceptors (Lipinski definition) is 6. The fraction of sp³-hybridized carbons (Fsp3) is 0.333. The van der Waals surface area contributed by atoms with Crippen LogP contribution in [-0.4, -0.2) is 38.2 Å². The maximum Gasteiger partial charge on any atom is 0.325 e. The molecule has 2 aliphatic heterocycles. The first-order chi connectivity index (χ1) is 14.1. The summed E-state index contributed by atoms with van der Waals surface area (Å²) >= 11 is 0. The largest absolute Gasteiger partial charge is 0.490 e. The molecule has 8 nitrogen and oxygen atoms in total. The molecule has 3 amide bonds. The lowest BCUT2D eigenvalue weighted by Crippen LogP contribution is -2.43. The Hall–Kier alpha value is -3.13. The van der Waals surface area contributed by atoms with Crippen LogP contribution in [-0.2, 0) is 11.2 Å². The van der Waals surface area contributed by atoms with Crippen LogP contribution < -0.4 is 30.7 Å². The van der Waals surface area contributed by atoms with E-state index in [4.69, 9.17) is 15.2 Å². The molecule has 0 spiro atoms. The highest BCUT2D eigenvalue weighted by molar-refractivity contribution is 6.02. The number of fused-ring (bicyclic) bond motifs is 2. The number of nitrogens with two attached hydrogens (primary N) is 1. The van der Waals surface area contributed by atoms with E-state index >= 15 is 0 Å². The lowest BCUT2D eigenvalue weighted by atomic mass is 10.00. The number of ether oxygens (including phenoxy) is 2. The Bertz CT molecular complexity index is 937. The molecule has 2 heterocycles. The summed E-state index contributed by atoms with van der Waals surface area (Å²) in [5.74, 6) is 0.842. The van der Waals surface area contributed by atoms with Gasteiger partial charge in [0.05, 0.1) is 19.8 Å². The van der Waals surface area contributed by atoms with E-state index in [9.17, 15) is 9.59 Å². The number of carbonyl (C=O) groups is 2. The van der Waals surface area contributed by atoms with Gasteiger partial charge in [0, 0.05) is 36.1 Å². The average Bonchev–Trinajstić information content (AvgIpc) is 2.93. The first-order valence-corrected chi connectivity index (χ1v) is 9.73. The number of nitrogens with one attached hydrogen (secondary N) is 2. The van der Waals surface area contributed by atoms with Crippen LogP contribution in [0.2, 0.25) is 0 Å². The second-order valence-electron chi connectivity index (χ2n) is 7.08. The summed E-state index contributed by atoms with van der Waals surface area (Å²) in [6.07, 6.45) is 2.61. The van der Waals surface area contributed by atoms with Crippen molar-refractivity contribution in [2.24, 2.45) is 0 Å². The molecule has 0 radical (unpaired) electrons. The van der Waals surface area contributed by atoms with Gasteiger partial charge in [-0.2, -0.15) is 0 Å². The van der Waals surface area contributed by atoms with Crippen LogP contribution in [0.5, 0.6) is 11.5 Å². The highest BCUT2D eigenvalue weighted by atomic mass is 35.5. The minimum atomic E-state index is -0.589. The summed E-state index contributed by atoms with van der Waals surface area (Å²) in [6, 6.07) is 10.2. The zero-order valence-corrected chi connectivity index (χ0v) is 17.3. The number of imide groups is 1. The van der Waals surface area contributed by atoms with Crippen molar-refractivity contribution in [1.29, 1.82) is 0 Å². The van der Waals surface area contributed by atoms with Crippen LogP contribution in [0.25, 0.3) is 0 Å². The lowest BCUT2D eigenvalue weighted by Gasteiger charge is -2.31. The molecular weight excluding hydrogens is 408 g/mol. The Morgan fingerprint density at radius 2 is 1.87 bits per heavy atom. The molecule has 0 bridgehead atoms. The summed E-state index contributed by atoms with van der Waals surface area (Å²) in [5, 5.41) is 5.04. The fourth-order valence-corrected chi connectivity index (χ4v) is 3.63. The molecule has 0 aliphatic carbocycles. The van der Waals surface area contributed by atoms with E-state index in [1.54, 1.807) is 18.2 Å². The summed E-state index contributed by atoms with van der Waals surface area (Å²) in [7, 11) is 0. The van der Waals surface area contributed by atoms with E-state index in [1.165, 1.54) is 0 Å². The van der Waals surface area contributed by atoms with E-state index in [1.807, 2.05) is 23.1 Å². The number of urea groups is 1. The molecule has 0 atom stereocenters. The van der Waals surface area contributed by atoms with E-state index in [2.05, 4.69) is 10.6 Å². The molecular formula is C21H25ClN4O4. The Morgan fingerprint density at radius 3 is 2.70 bits per heavy atom. The minimum Gasteiger partial charge on any atom is -0.490 e. The normalized spacial score (nSPS) is 14.6. The number of benzene rings is 2. The van der Waals surface area contributed by atoms with Crippen LogP contribution in [0, 0.1) is 0 Å². The quantitative estimate of drug-likeness (QED) is 0.644. The highest BCUT2D eigenvalue weighted by Crippen LogP contribution is 2.32. The molecule has 0 saturated heterocycles. The van der Waals surface area contributed by atoms with Gasteiger partial charge in [-0.25, -0.2) is 4.79 Å². The fourth-order valence-electron chi connectivity index (χ4n) is 3.63. The third kappa shape index (κ3) is 4.88. The maximum atomic E-state index is 12.4. The Morgan fingerprint density at radius 1 is 1.07 bits per heavy atom. The van der Waals surface area contributed by atoms with Crippen molar-refractivity contribution in [3.05, 3.63) is 42.0 Å². The van der Waals surface area contributed by atoms with Crippen LogP contribution in [0.1, 0.15) is 18.4 Å². The highest BCUT2D eigenvalue weighted by Gasteiger charge is 2.21.